The summed E-state index contributed by atoms with van der Waals surface area (Å²) in [7, 11) is 0. The van der Waals surface area contributed by atoms with E-state index in [1.807, 2.05) is 6.07 Å². The molecule has 1 saturated carbocycles. The number of hydrogen-bond donors (Lipinski definition) is 3. The van der Waals surface area contributed by atoms with Gasteiger partial charge >= 0.3 is 0 Å². The van der Waals surface area contributed by atoms with Crippen molar-refractivity contribution in [3.63, 3.8) is 0 Å². The van der Waals surface area contributed by atoms with Crippen LogP contribution in [0.4, 0.5) is 33.5 Å². The molecule has 10 nitrogen and oxygen atoms in total. The molecule has 0 amide bonds. The van der Waals surface area contributed by atoms with Gasteiger partial charge in [-0.05, 0) is 31.0 Å². The highest BCUT2D eigenvalue weighted by molar-refractivity contribution is 5.61. The molecule has 11 heteroatoms. The summed E-state index contributed by atoms with van der Waals surface area (Å²) in [6.07, 6.45) is 7.48. The van der Waals surface area contributed by atoms with E-state index in [-0.39, 0.29) is 17.6 Å². The largest absolute Gasteiger partial charge is 0.378 e. The molecule has 5 rings (SSSR count). The Hall–Kier alpha value is -3.47. The third kappa shape index (κ3) is 4.98. The lowest BCUT2D eigenvalue weighted by Crippen LogP contribution is -2.36. The lowest BCUT2D eigenvalue weighted by atomic mass is 9.95. The zero-order valence-corrected chi connectivity index (χ0v) is 18.4. The molecule has 1 aromatic carbocycles. The second-order valence-corrected chi connectivity index (χ2v) is 8.33. The summed E-state index contributed by atoms with van der Waals surface area (Å²) in [5, 5.41) is 10.8. The van der Waals surface area contributed by atoms with Gasteiger partial charge in [0, 0.05) is 30.9 Å². The van der Waals surface area contributed by atoms with Crippen LogP contribution in [0.2, 0.25) is 0 Å². The molecule has 0 spiro atoms. The predicted octanol–water partition coefficient (Wildman–Crippen LogP) is 3.10. The fourth-order valence-electron chi connectivity index (χ4n) is 4.29. The van der Waals surface area contributed by atoms with E-state index in [1.165, 1.54) is 36.3 Å². The van der Waals surface area contributed by atoms with E-state index >= 15 is 0 Å². The van der Waals surface area contributed by atoms with Crippen LogP contribution in [-0.4, -0.2) is 57.1 Å². The Bertz CT molecular complexity index is 1090. The molecule has 1 saturated heterocycles. The molecule has 2 aliphatic rings. The van der Waals surface area contributed by atoms with Crippen molar-refractivity contribution < 1.29 is 9.13 Å². The van der Waals surface area contributed by atoms with Gasteiger partial charge in [0.2, 0.25) is 11.9 Å². The number of morpholine rings is 1. The van der Waals surface area contributed by atoms with Crippen molar-refractivity contribution in [3.05, 3.63) is 36.4 Å². The van der Waals surface area contributed by atoms with E-state index in [0.717, 1.165) is 37.4 Å². The first-order valence-corrected chi connectivity index (χ1v) is 11.4. The van der Waals surface area contributed by atoms with E-state index in [1.54, 1.807) is 12.1 Å². The van der Waals surface area contributed by atoms with Crippen molar-refractivity contribution in [2.24, 2.45) is 0 Å². The van der Waals surface area contributed by atoms with Crippen LogP contribution < -0.4 is 21.3 Å². The molecule has 174 valence electrons. The van der Waals surface area contributed by atoms with Gasteiger partial charge in [-0.1, -0.05) is 19.3 Å². The number of nitrogens with two attached hydrogens (primary N) is 1. The lowest BCUT2D eigenvalue weighted by molar-refractivity contribution is 0.122. The zero-order chi connectivity index (χ0) is 22.6. The van der Waals surface area contributed by atoms with Crippen molar-refractivity contribution in [1.82, 2.24) is 24.7 Å². The SMILES string of the molecule is Nc1nc(Nc2ccc(N3CCOCC3)cc2F)nn1-c1cc(NC2CCCCC2)ncn1. The lowest BCUT2D eigenvalue weighted by Gasteiger charge is -2.29. The Morgan fingerprint density at radius 2 is 1.88 bits per heavy atom. The van der Waals surface area contributed by atoms with Gasteiger partial charge in [0.1, 0.15) is 18.0 Å². The van der Waals surface area contributed by atoms with Crippen LogP contribution in [0, 0.1) is 5.82 Å². The van der Waals surface area contributed by atoms with Crippen LogP contribution >= 0.6 is 0 Å². The number of nitrogens with one attached hydrogen (secondary N) is 2. The standard InChI is InChI=1S/C22H28FN9O/c23-17-12-16(31-8-10-33-11-9-31)6-7-18(17)28-22-29-21(24)32(30-22)20-13-19(25-14-26-20)27-15-4-2-1-3-5-15/h6-7,12-15H,1-5,8-11H2,(H,25,26,27)(H3,24,28,29,30). The van der Waals surface area contributed by atoms with Crippen LogP contribution in [0.15, 0.2) is 30.6 Å². The number of nitrogen functional groups attached to an aromatic ring is 1. The second-order valence-electron chi connectivity index (χ2n) is 8.33. The number of nitrogens with zero attached hydrogens (tertiary/aromatic N) is 6. The summed E-state index contributed by atoms with van der Waals surface area (Å²) < 4.78 is 21.5. The molecule has 33 heavy (non-hydrogen) atoms. The van der Waals surface area contributed by atoms with Gasteiger partial charge in [0.05, 0.1) is 18.9 Å². The summed E-state index contributed by atoms with van der Waals surface area (Å²) >= 11 is 0. The summed E-state index contributed by atoms with van der Waals surface area (Å²) in [5.41, 5.74) is 7.17. The number of anilines is 5. The molecule has 1 aliphatic heterocycles. The molecule has 3 aromatic rings. The van der Waals surface area contributed by atoms with Crippen LogP contribution in [0.5, 0.6) is 0 Å². The Kier molecular flexibility index (Phi) is 6.20. The van der Waals surface area contributed by atoms with E-state index in [0.29, 0.717) is 25.1 Å². The molecule has 2 fully saturated rings. The van der Waals surface area contributed by atoms with Crippen molar-refractivity contribution in [2.75, 3.05) is 47.6 Å². The molecule has 0 radical (unpaired) electrons. The van der Waals surface area contributed by atoms with E-state index in [9.17, 15) is 4.39 Å². The molecule has 2 aromatic heterocycles. The fraction of sp³-hybridized carbons (Fsp3) is 0.455. The highest BCUT2D eigenvalue weighted by Crippen LogP contribution is 2.26. The summed E-state index contributed by atoms with van der Waals surface area (Å²) in [6, 6.07) is 7.25. The first-order chi connectivity index (χ1) is 16.2. The molecule has 4 N–H and O–H groups in total. The molecule has 0 atom stereocenters. The Morgan fingerprint density at radius 1 is 1.06 bits per heavy atom. The van der Waals surface area contributed by atoms with Gasteiger partial charge in [-0.25, -0.2) is 14.4 Å². The molecule has 1 aliphatic carbocycles. The highest BCUT2D eigenvalue weighted by Gasteiger charge is 2.17. The van der Waals surface area contributed by atoms with Crippen molar-refractivity contribution in [3.8, 4) is 5.82 Å². The second kappa shape index (κ2) is 9.57. The number of ether oxygens (including phenoxy) is 1. The Morgan fingerprint density at radius 3 is 2.67 bits per heavy atom. The predicted molar refractivity (Wildman–Crippen MR) is 125 cm³/mol. The maximum Gasteiger partial charge on any atom is 0.248 e. The van der Waals surface area contributed by atoms with Gasteiger partial charge in [0.15, 0.2) is 5.82 Å². The van der Waals surface area contributed by atoms with Crippen LogP contribution in [0.3, 0.4) is 0 Å². The van der Waals surface area contributed by atoms with Gasteiger partial charge in [-0.3, -0.25) is 0 Å². The number of rotatable bonds is 6. The average Bonchev–Trinajstić information content (AvgIpc) is 3.22. The van der Waals surface area contributed by atoms with Gasteiger partial charge in [-0.2, -0.15) is 9.67 Å². The topological polar surface area (TPSA) is 119 Å². The average molecular weight is 454 g/mol. The van der Waals surface area contributed by atoms with Gasteiger partial charge in [-0.15, -0.1) is 5.10 Å². The molecule has 0 bridgehead atoms. The zero-order valence-electron chi connectivity index (χ0n) is 18.4. The third-order valence-corrected chi connectivity index (χ3v) is 6.03. The minimum Gasteiger partial charge on any atom is -0.378 e. The number of aromatic nitrogens is 5. The first kappa shape index (κ1) is 21.4. The minimum absolute atomic E-state index is 0.144. The molecule has 0 unspecified atom stereocenters. The Labute approximate surface area is 191 Å². The quantitative estimate of drug-likeness (QED) is 0.517. The van der Waals surface area contributed by atoms with E-state index in [2.05, 4.69) is 35.6 Å². The fourth-order valence-corrected chi connectivity index (χ4v) is 4.29. The maximum atomic E-state index is 14.8. The van der Waals surface area contributed by atoms with E-state index < -0.39 is 5.82 Å². The molecule has 3 heterocycles. The van der Waals surface area contributed by atoms with Gasteiger partial charge in [0.25, 0.3) is 0 Å². The number of halogens is 1. The molecular weight excluding hydrogens is 425 g/mol. The summed E-state index contributed by atoms with van der Waals surface area (Å²) in [6.45, 7) is 2.77. The third-order valence-electron chi connectivity index (χ3n) is 6.03. The van der Waals surface area contributed by atoms with Crippen LogP contribution in [0.1, 0.15) is 32.1 Å². The summed E-state index contributed by atoms with van der Waals surface area (Å²) in [5.74, 6) is 1.15. The smallest absolute Gasteiger partial charge is 0.248 e. The maximum absolute atomic E-state index is 14.8. The Balaban J connectivity index is 1.30. The molecular formula is C22H28FN9O. The highest BCUT2D eigenvalue weighted by atomic mass is 19.1. The van der Waals surface area contributed by atoms with Crippen LogP contribution in [-0.2, 0) is 4.74 Å². The van der Waals surface area contributed by atoms with Gasteiger partial charge < -0.3 is 26.0 Å². The number of hydrogen-bond acceptors (Lipinski definition) is 9. The van der Waals surface area contributed by atoms with Crippen LogP contribution in [0.25, 0.3) is 5.82 Å². The summed E-state index contributed by atoms with van der Waals surface area (Å²) in [4.78, 5) is 14.9. The normalized spacial score (nSPS) is 17.2. The minimum atomic E-state index is -0.394. The van der Waals surface area contributed by atoms with Crippen molar-refractivity contribution >= 4 is 29.1 Å². The van der Waals surface area contributed by atoms with Crippen molar-refractivity contribution in [1.29, 1.82) is 0 Å². The first-order valence-electron chi connectivity index (χ1n) is 11.4. The monoisotopic (exact) mass is 453 g/mol. The van der Waals surface area contributed by atoms with E-state index in [4.69, 9.17) is 10.5 Å². The number of benzene rings is 1. The van der Waals surface area contributed by atoms with Crippen molar-refractivity contribution in [2.45, 2.75) is 38.1 Å².